The Labute approximate surface area is 130 Å². The van der Waals surface area contributed by atoms with E-state index in [9.17, 15) is 9.59 Å². The van der Waals surface area contributed by atoms with E-state index in [4.69, 9.17) is 9.63 Å². The van der Waals surface area contributed by atoms with E-state index in [1.54, 1.807) is 27.0 Å². The Morgan fingerprint density at radius 1 is 1.41 bits per heavy atom. The molecule has 0 radical (unpaired) electrons. The smallest absolute Gasteiger partial charge is 0.326 e. The van der Waals surface area contributed by atoms with E-state index >= 15 is 0 Å². The summed E-state index contributed by atoms with van der Waals surface area (Å²) >= 11 is 0. The molecule has 0 bridgehead atoms. The molecule has 0 unspecified atom stereocenters. The zero-order chi connectivity index (χ0) is 17.1. The van der Waals surface area contributed by atoms with E-state index in [-0.39, 0.29) is 17.9 Å². The normalized spacial score (nSPS) is 13.0. The molecule has 22 heavy (non-hydrogen) atoms. The van der Waals surface area contributed by atoms with Crippen LogP contribution in [-0.2, 0) is 16.8 Å². The Hall–Kier alpha value is -2.05. The van der Waals surface area contributed by atoms with Crippen LogP contribution in [0.2, 0.25) is 0 Å². The molecule has 1 atom stereocenters. The molecule has 0 aromatic carbocycles. The quantitative estimate of drug-likeness (QED) is 0.869. The molecule has 1 heterocycles. The van der Waals surface area contributed by atoms with Gasteiger partial charge in [-0.05, 0) is 5.92 Å². The van der Waals surface area contributed by atoms with Crippen LogP contribution in [0.3, 0.4) is 0 Å². The molecule has 1 rings (SSSR count). The summed E-state index contributed by atoms with van der Waals surface area (Å²) in [5.41, 5.74) is 0.469. The molecule has 124 valence electrons. The Morgan fingerprint density at radius 3 is 2.41 bits per heavy atom. The molecule has 0 fully saturated rings. The molecule has 1 aromatic rings. The monoisotopic (exact) mass is 311 g/mol. The van der Waals surface area contributed by atoms with Crippen LogP contribution < -0.4 is 5.32 Å². The second kappa shape index (κ2) is 6.81. The standard InChI is InChI=1S/C15H25N3O4/c1-9(2)12(13(19)20)16-14(21)18(6)8-10-7-11(22-17-10)15(3,4)5/h7,9,12H,8H2,1-6H3,(H,16,21)(H,19,20)/t12-/m0/s1. The van der Waals surface area contributed by atoms with Gasteiger partial charge >= 0.3 is 12.0 Å². The maximum absolute atomic E-state index is 12.1. The summed E-state index contributed by atoms with van der Waals surface area (Å²) in [5, 5.41) is 15.5. The van der Waals surface area contributed by atoms with Gasteiger partial charge in [0.15, 0.2) is 0 Å². The van der Waals surface area contributed by atoms with Gasteiger partial charge in [0.1, 0.15) is 17.5 Å². The Kier molecular flexibility index (Phi) is 5.57. The number of aliphatic carboxylic acids is 1. The summed E-state index contributed by atoms with van der Waals surface area (Å²) in [6.45, 7) is 9.75. The van der Waals surface area contributed by atoms with Crippen molar-refractivity contribution in [2.45, 2.75) is 52.6 Å². The number of urea groups is 1. The van der Waals surface area contributed by atoms with Crippen molar-refractivity contribution in [3.8, 4) is 0 Å². The van der Waals surface area contributed by atoms with E-state index in [2.05, 4.69) is 10.5 Å². The van der Waals surface area contributed by atoms with Crippen molar-refractivity contribution >= 4 is 12.0 Å². The molecule has 0 spiro atoms. The fraction of sp³-hybridized carbons (Fsp3) is 0.667. The van der Waals surface area contributed by atoms with Gasteiger partial charge in [0.05, 0.1) is 6.54 Å². The van der Waals surface area contributed by atoms with Gasteiger partial charge in [0, 0.05) is 18.5 Å². The van der Waals surface area contributed by atoms with Crippen LogP contribution in [0, 0.1) is 5.92 Å². The number of rotatable bonds is 5. The highest BCUT2D eigenvalue weighted by Gasteiger charge is 2.25. The fourth-order valence-corrected chi connectivity index (χ4v) is 1.81. The molecule has 0 aliphatic rings. The number of carbonyl (C=O) groups excluding carboxylic acids is 1. The van der Waals surface area contributed by atoms with Gasteiger partial charge in [-0.15, -0.1) is 0 Å². The van der Waals surface area contributed by atoms with Crippen molar-refractivity contribution in [1.29, 1.82) is 0 Å². The number of amides is 2. The van der Waals surface area contributed by atoms with Crippen LogP contribution in [-0.4, -0.2) is 40.3 Å². The first-order chi connectivity index (χ1) is 10.0. The van der Waals surface area contributed by atoms with Crippen molar-refractivity contribution in [3.63, 3.8) is 0 Å². The third-order valence-electron chi connectivity index (χ3n) is 3.26. The molecule has 1 aromatic heterocycles. The van der Waals surface area contributed by atoms with E-state index in [0.29, 0.717) is 5.69 Å². The zero-order valence-electron chi connectivity index (χ0n) is 14.0. The topological polar surface area (TPSA) is 95.7 Å². The second-order valence-electron chi connectivity index (χ2n) is 6.80. The predicted octanol–water partition coefficient (Wildman–Crippen LogP) is 2.22. The SMILES string of the molecule is CC(C)[C@H](NC(=O)N(C)Cc1cc(C(C)(C)C)on1)C(=O)O. The summed E-state index contributed by atoms with van der Waals surface area (Å²) in [5.74, 6) is -0.510. The third kappa shape index (κ3) is 4.75. The number of carboxylic acids is 1. The Balaban J connectivity index is 2.68. The summed E-state index contributed by atoms with van der Waals surface area (Å²) in [6, 6.07) is 0.430. The van der Waals surface area contributed by atoms with Crippen LogP contribution in [0.5, 0.6) is 0 Å². The number of aromatic nitrogens is 1. The van der Waals surface area contributed by atoms with Crippen LogP contribution >= 0.6 is 0 Å². The van der Waals surface area contributed by atoms with Crippen molar-refractivity contribution in [3.05, 3.63) is 17.5 Å². The minimum absolute atomic E-state index is 0.155. The molecule has 0 saturated heterocycles. The van der Waals surface area contributed by atoms with E-state index in [0.717, 1.165) is 5.76 Å². The van der Waals surface area contributed by atoms with Crippen LogP contribution in [0.25, 0.3) is 0 Å². The van der Waals surface area contributed by atoms with Crippen LogP contribution in [0.15, 0.2) is 10.6 Å². The average molecular weight is 311 g/mol. The number of carbonyl (C=O) groups is 2. The highest BCUT2D eigenvalue weighted by Crippen LogP contribution is 2.22. The Bertz CT molecular complexity index is 531. The predicted molar refractivity (Wildman–Crippen MR) is 81.5 cm³/mol. The number of nitrogens with one attached hydrogen (secondary N) is 1. The lowest BCUT2D eigenvalue weighted by molar-refractivity contribution is -0.140. The van der Waals surface area contributed by atoms with Gasteiger partial charge in [0.25, 0.3) is 0 Å². The van der Waals surface area contributed by atoms with Crippen molar-refractivity contribution in [2.75, 3.05) is 7.05 Å². The molecule has 0 saturated carbocycles. The molecular formula is C15H25N3O4. The van der Waals surface area contributed by atoms with Gasteiger partial charge in [-0.2, -0.15) is 0 Å². The first-order valence-corrected chi connectivity index (χ1v) is 7.23. The molecule has 0 aliphatic carbocycles. The lowest BCUT2D eigenvalue weighted by Crippen LogP contribution is -2.48. The third-order valence-corrected chi connectivity index (χ3v) is 3.26. The maximum atomic E-state index is 12.1. The molecular weight excluding hydrogens is 286 g/mol. The Morgan fingerprint density at radius 2 is 2.00 bits per heavy atom. The first kappa shape index (κ1) is 18.0. The lowest BCUT2D eigenvalue weighted by Gasteiger charge is -2.22. The maximum Gasteiger partial charge on any atom is 0.326 e. The second-order valence-corrected chi connectivity index (χ2v) is 6.80. The van der Waals surface area contributed by atoms with Crippen molar-refractivity contribution in [2.24, 2.45) is 5.92 Å². The van der Waals surface area contributed by atoms with Crippen LogP contribution in [0.1, 0.15) is 46.1 Å². The highest BCUT2D eigenvalue weighted by molar-refractivity contribution is 5.82. The summed E-state index contributed by atoms with van der Waals surface area (Å²) in [6.07, 6.45) is 0. The lowest BCUT2D eigenvalue weighted by atomic mass is 9.93. The average Bonchev–Trinajstić information content (AvgIpc) is 2.82. The van der Waals surface area contributed by atoms with E-state index in [1.165, 1.54) is 4.90 Å². The van der Waals surface area contributed by atoms with Gasteiger partial charge in [-0.3, -0.25) is 0 Å². The summed E-state index contributed by atoms with van der Waals surface area (Å²) in [4.78, 5) is 24.6. The van der Waals surface area contributed by atoms with Crippen molar-refractivity contribution < 1.29 is 19.2 Å². The van der Waals surface area contributed by atoms with Crippen molar-refractivity contribution in [1.82, 2.24) is 15.4 Å². The highest BCUT2D eigenvalue weighted by atomic mass is 16.5. The van der Waals surface area contributed by atoms with E-state index < -0.39 is 18.0 Å². The minimum atomic E-state index is -1.05. The van der Waals surface area contributed by atoms with E-state index in [1.807, 2.05) is 20.8 Å². The number of carboxylic acid groups (broad SMARTS) is 1. The molecule has 0 aliphatic heterocycles. The molecule has 2 N–H and O–H groups in total. The van der Waals surface area contributed by atoms with Gasteiger partial charge in [-0.25, -0.2) is 9.59 Å². The zero-order valence-corrected chi connectivity index (χ0v) is 14.0. The number of hydrogen-bond donors (Lipinski definition) is 2. The minimum Gasteiger partial charge on any atom is -0.480 e. The molecule has 7 heteroatoms. The number of hydrogen-bond acceptors (Lipinski definition) is 4. The summed E-state index contributed by atoms with van der Waals surface area (Å²) in [7, 11) is 1.58. The number of nitrogens with zero attached hydrogens (tertiary/aromatic N) is 2. The van der Waals surface area contributed by atoms with Crippen LogP contribution in [0.4, 0.5) is 4.79 Å². The molecule has 2 amide bonds. The van der Waals surface area contributed by atoms with Gasteiger partial charge in [0.2, 0.25) is 0 Å². The largest absolute Gasteiger partial charge is 0.480 e. The first-order valence-electron chi connectivity index (χ1n) is 7.23. The van der Waals surface area contributed by atoms with Gasteiger partial charge in [-0.1, -0.05) is 39.8 Å². The summed E-state index contributed by atoms with van der Waals surface area (Å²) < 4.78 is 5.26. The molecule has 7 nitrogen and oxygen atoms in total. The fourth-order valence-electron chi connectivity index (χ4n) is 1.81. The van der Waals surface area contributed by atoms with Gasteiger partial charge < -0.3 is 19.8 Å².